The van der Waals surface area contributed by atoms with Crippen molar-refractivity contribution in [1.82, 2.24) is 0 Å². The molecular formula is C12H11F3N2O2. The fraction of sp³-hybridized carbons (Fsp3) is 0.417. The second kappa shape index (κ2) is 6.18. The first-order chi connectivity index (χ1) is 8.81. The highest BCUT2D eigenvalue weighted by molar-refractivity contribution is 5.33. The van der Waals surface area contributed by atoms with E-state index in [1.807, 2.05) is 6.07 Å². The Kier molecular flexibility index (Phi) is 4.87. The van der Waals surface area contributed by atoms with Crippen LogP contribution in [-0.2, 0) is 6.42 Å². The summed E-state index contributed by atoms with van der Waals surface area (Å²) in [5.41, 5.74) is 0.520. The van der Waals surface area contributed by atoms with Gasteiger partial charge in [0.2, 0.25) is 0 Å². The molecule has 0 saturated carbocycles. The molecule has 19 heavy (non-hydrogen) atoms. The van der Waals surface area contributed by atoms with Crippen molar-refractivity contribution in [3.63, 3.8) is 0 Å². The molecule has 0 radical (unpaired) electrons. The number of hydrogen-bond acceptors (Lipinski definition) is 3. The largest absolute Gasteiger partial charge is 0.389 e. The second-order valence-electron chi connectivity index (χ2n) is 4.11. The highest BCUT2D eigenvalue weighted by Gasteiger charge is 2.28. The molecule has 1 atom stereocenters. The number of alkyl halides is 3. The van der Waals surface area contributed by atoms with E-state index in [1.165, 1.54) is 24.3 Å². The minimum Gasteiger partial charge on any atom is -0.258 e. The molecule has 0 spiro atoms. The molecule has 0 bridgehead atoms. The fourth-order valence-electron chi connectivity index (χ4n) is 1.59. The number of rotatable bonds is 5. The Bertz CT molecular complexity index is 477. The van der Waals surface area contributed by atoms with Crippen molar-refractivity contribution in [3.05, 3.63) is 39.9 Å². The molecule has 0 aromatic heterocycles. The third-order valence-corrected chi connectivity index (χ3v) is 2.59. The van der Waals surface area contributed by atoms with Crippen molar-refractivity contribution in [2.75, 3.05) is 0 Å². The van der Waals surface area contributed by atoms with E-state index in [2.05, 4.69) is 0 Å². The summed E-state index contributed by atoms with van der Waals surface area (Å²) in [4.78, 5) is 9.87. The van der Waals surface area contributed by atoms with Gasteiger partial charge in [0.25, 0.3) is 5.69 Å². The van der Waals surface area contributed by atoms with Crippen LogP contribution in [0.3, 0.4) is 0 Å². The Morgan fingerprint density at radius 3 is 2.32 bits per heavy atom. The normalized spacial score (nSPS) is 12.7. The Hall–Kier alpha value is -2.10. The number of hydrogen-bond donors (Lipinski definition) is 0. The van der Waals surface area contributed by atoms with Gasteiger partial charge in [-0.3, -0.25) is 10.1 Å². The Morgan fingerprint density at radius 2 is 1.89 bits per heavy atom. The van der Waals surface area contributed by atoms with Crippen LogP contribution >= 0.6 is 0 Å². The van der Waals surface area contributed by atoms with E-state index in [0.29, 0.717) is 5.56 Å². The van der Waals surface area contributed by atoms with Crippen LogP contribution in [0, 0.1) is 27.4 Å². The molecule has 1 rings (SSSR count). The summed E-state index contributed by atoms with van der Waals surface area (Å²) in [6.07, 6.45) is -5.38. The van der Waals surface area contributed by atoms with Gasteiger partial charge in [0, 0.05) is 18.6 Å². The third kappa shape index (κ3) is 5.38. The molecule has 0 aliphatic rings. The lowest BCUT2D eigenvalue weighted by Gasteiger charge is -2.10. The molecule has 1 unspecified atom stereocenters. The van der Waals surface area contributed by atoms with Crippen molar-refractivity contribution < 1.29 is 18.1 Å². The van der Waals surface area contributed by atoms with E-state index >= 15 is 0 Å². The molecule has 7 heteroatoms. The molecule has 0 amide bonds. The van der Waals surface area contributed by atoms with Gasteiger partial charge in [-0.15, -0.1) is 0 Å². The number of nitro groups is 1. The van der Waals surface area contributed by atoms with Crippen LogP contribution in [0.25, 0.3) is 0 Å². The first-order valence-corrected chi connectivity index (χ1v) is 5.51. The monoisotopic (exact) mass is 272 g/mol. The maximum atomic E-state index is 12.0. The van der Waals surface area contributed by atoms with E-state index < -0.39 is 23.4 Å². The number of nitrogens with zero attached hydrogens (tertiary/aromatic N) is 2. The SMILES string of the molecule is N#CC(CCC(F)(F)F)Cc1ccc([N+](=O)[O-])cc1. The zero-order valence-electron chi connectivity index (χ0n) is 9.85. The van der Waals surface area contributed by atoms with E-state index in [9.17, 15) is 23.3 Å². The van der Waals surface area contributed by atoms with Crippen LogP contribution < -0.4 is 0 Å². The second-order valence-corrected chi connectivity index (χ2v) is 4.11. The Morgan fingerprint density at radius 1 is 1.32 bits per heavy atom. The van der Waals surface area contributed by atoms with E-state index in [4.69, 9.17) is 5.26 Å². The summed E-state index contributed by atoms with van der Waals surface area (Å²) in [6.45, 7) is 0. The van der Waals surface area contributed by atoms with Crippen LogP contribution in [0.15, 0.2) is 24.3 Å². The molecule has 0 heterocycles. The van der Waals surface area contributed by atoms with Crippen molar-refractivity contribution in [1.29, 1.82) is 5.26 Å². The van der Waals surface area contributed by atoms with Crippen LogP contribution in [0.1, 0.15) is 18.4 Å². The summed E-state index contributed by atoms with van der Waals surface area (Å²) >= 11 is 0. The fourth-order valence-corrected chi connectivity index (χ4v) is 1.59. The average Bonchev–Trinajstić information content (AvgIpc) is 2.34. The summed E-state index contributed by atoms with van der Waals surface area (Å²) in [5, 5.41) is 19.2. The summed E-state index contributed by atoms with van der Waals surface area (Å²) in [6, 6.07) is 7.28. The minimum absolute atomic E-state index is 0.0902. The van der Waals surface area contributed by atoms with Crippen molar-refractivity contribution in [2.24, 2.45) is 5.92 Å². The lowest BCUT2D eigenvalue weighted by atomic mass is 9.96. The van der Waals surface area contributed by atoms with Gasteiger partial charge in [-0.2, -0.15) is 18.4 Å². The maximum Gasteiger partial charge on any atom is 0.389 e. The minimum atomic E-state index is -4.27. The van der Waals surface area contributed by atoms with Crippen molar-refractivity contribution in [3.8, 4) is 6.07 Å². The van der Waals surface area contributed by atoms with Gasteiger partial charge >= 0.3 is 6.18 Å². The first kappa shape index (κ1) is 15.0. The average molecular weight is 272 g/mol. The number of benzene rings is 1. The third-order valence-electron chi connectivity index (χ3n) is 2.59. The lowest BCUT2D eigenvalue weighted by Crippen LogP contribution is -2.11. The van der Waals surface area contributed by atoms with Gasteiger partial charge in [0.05, 0.1) is 16.9 Å². The Balaban J connectivity index is 2.61. The predicted octanol–water partition coefficient (Wildman–Crippen LogP) is 3.62. The Labute approximate surface area is 107 Å². The molecular weight excluding hydrogens is 261 g/mol. The molecule has 0 aliphatic carbocycles. The summed E-state index contributed by atoms with van der Waals surface area (Å²) in [7, 11) is 0. The highest BCUT2D eigenvalue weighted by atomic mass is 19.4. The van der Waals surface area contributed by atoms with Gasteiger partial charge in [-0.25, -0.2) is 0 Å². The van der Waals surface area contributed by atoms with Gasteiger partial charge in [-0.1, -0.05) is 12.1 Å². The molecule has 0 aliphatic heterocycles. The number of nitro benzene ring substituents is 1. The topological polar surface area (TPSA) is 66.9 Å². The zero-order valence-corrected chi connectivity index (χ0v) is 9.85. The molecule has 4 nitrogen and oxygen atoms in total. The summed E-state index contributed by atoms with van der Waals surface area (Å²) < 4.78 is 36.1. The maximum absolute atomic E-state index is 12.0. The molecule has 0 N–H and O–H groups in total. The van der Waals surface area contributed by atoms with Crippen LogP contribution in [-0.4, -0.2) is 11.1 Å². The number of halogens is 3. The van der Waals surface area contributed by atoms with E-state index in [1.54, 1.807) is 0 Å². The lowest BCUT2D eigenvalue weighted by molar-refractivity contribution is -0.384. The highest BCUT2D eigenvalue weighted by Crippen LogP contribution is 2.25. The zero-order chi connectivity index (χ0) is 14.5. The molecule has 1 aromatic rings. The van der Waals surface area contributed by atoms with Crippen molar-refractivity contribution >= 4 is 5.69 Å². The van der Waals surface area contributed by atoms with Gasteiger partial charge < -0.3 is 0 Å². The first-order valence-electron chi connectivity index (χ1n) is 5.51. The van der Waals surface area contributed by atoms with Gasteiger partial charge in [0.15, 0.2) is 0 Å². The van der Waals surface area contributed by atoms with E-state index in [-0.39, 0.29) is 18.5 Å². The predicted molar refractivity (Wildman–Crippen MR) is 61.2 cm³/mol. The van der Waals surface area contributed by atoms with Crippen LogP contribution in [0.2, 0.25) is 0 Å². The van der Waals surface area contributed by atoms with Crippen LogP contribution in [0.5, 0.6) is 0 Å². The number of non-ortho nitro benzene ring substituents is 1. The molecule has 102 valence electrons. The van der Waals surface area contributed by atoms with Gasteiger partial charge in [0.1, 0.15) is 0 Å². The quantitative estimate of drug-likeness (QED) is 0.607. The number of nitriles is 1. The smallest absolute Gasteiger partial charge is 0.258 e. The molecule has 0 saturated heterocycles. The summed E-state index contributed by atoms with van der Waals surface area (Å²) in [5.74, 6) is -0.747. The standard InChI is InChI=1S/C12H11F3N2O2/c13-12(14,15)6-5-10(8-16)7-9-1-3-11(4-2-9)17(18)19/h1-4,10H,5-7H2. The molecule has 1 aromatic carbocycles. The molecule has 0 fully saturated rings. The van der Waals surface area contributed by atoms with Crippen LogP contribution in [0.4, 0.5) is 18.9 Å². The van der Waals surface area contributed by atoms with Crippen molar-refractivity contribution in [2.45, 2.75) is 25.4 Å². The van der Waals surface area contributed by atoms with E-state index in [0.717, 1.165) is 0 Å². The van der Waals surface area contributed by atoms with Gasteiger partial charge in [-0.05, 0) is 18.4 Å².